The molecule has 1 saturated carbocycles. The Labute approximate surface area is 220 Å². The van der Waals surface area contributed by atoms with Gasteiger partial charge in [-0.05, 0) is 60.2 Å². The molecule has 2 amide bonds. The minimum absolute atomic E-state index is 0.0291. The molecule has 8 heteroatoms. The fraction of sp³-hybridized carbons (Fsp3) is 0.464. The van der Waals surface area contributed by atoms with Crippen LogP contribution in [0.25, 0.3) is 21.3 Å². The van der Waals surface area contributed by atoms with Gasteiger partial charge in [0.2, 0.25) is 11.8 Å². The predicted molar refractivity (Wildman–Crippen MR) is 144 cm³/mol. The number of carbonyl (C=O) groups excluding carboxylic acids is 2. The summed E-state index contributed by atoms with van der Waals surface area (Å²) in [4.78, 5) is 35.3. The number of imide groups is 1. The van der Waals surface area contributed by atoms with Gasteiger partial charge in [0.15, 0.2) is 0 Å². The van der Waals surface area contributed by atoms with Crippen molar-refractivity contribution in [2.75, 3.05) is 19.6 Å². The highest BCUT2D eigenvalue weighted by Gasteiger charge is 2.72. The summed E-state index contributed by atoms with van der Waals surface area (Å²) in [6.45, 7) is 12.6. The summed E-state index contributed by atoms with van der Waals surface area (Å²) < 4.78 is 1.06. The first kappa shape index (κ1) is 24.0. The number of piperazine rings is 1. The van der Waals surface area contributed by atoms with Gasteiger partial charge in [-0.25, -0.2) is 0 Å². The molecule has 1 aromatic carbocycles. The second-order valence-electron chi connectivity index (χ2n) is 11.1. The van der Waals surface area contributed by atoms with Crippen molar-refractivity contribution >= 4 is 45.0 Å². The zero-order valence-corrected chi connectivity index (χ0v) is 22.7. The number of nitrogens with one attached hydrogen (secondary N) is 1. The fourth-order valence-corrected chi connectivity index (χ4v) is 7.54. The third-order valence-electron chi connectivity index (χ3n) is 8.40. The van der Waals surface area contributed by atoms with E-state index in [9.17, 15) is 9.59 Å². The van der Waals surface area contributed by atoms with E-state index in [0.29, 0.717) is 12.6 Å². The molecule has 6 nitrogen and oxygen atoms in total. The van der Waals surface area contributed by atoms with Crippen molar-refractivity contribution in [1.82, 2.24) is 20.1 Å². The van der Waals surface area contributed by atoms with E-state index in [2.05, 4.69) is 41.2 Å². The maximum atomic E-state index is 12.9. The number of thiophene rings is 1. The minimum Gasteiger partial charge on any atom is -0.314 e. The molecule has 6 rings (SSSR count). The molecule has 2 aliphatic heterocycles. The molecule has 2 saturated heterocycles. The zero-order chi connectivity index (χ0) is 25.4. The highest BCUT2D eigenvalue weighted by atomic mass is 35.5. The van der Waals surface area contributed by atoms with Crippen molar-refractivity contribution in [3.63, 3.8) is 0 Å². The Hall–Kier alpha value is -2.32. The lowest BCUT2D eigenvalue weighted by Crippen LogP contribution is -2.49. The number of fused-ring (bicyclic) bond motifs is 2. The van der Waals surface area contributed by atoms with Crippen LogP contribution in [0.15, 0.2) is 30.5 Å². The summed E-state index contributed by atoms with van der Waals surface area (Å²) in [6, 6.07) is 8.65. The maximum Gasteiger partial charge on any atom is 0.234 e. The molecule has 0 bridgehead atoms. The summed E-state index contributed by atoms with van der Waals surface area (Å²) >= 11 is 8.19. The molecule has 2 aromatic heterocycles. The lowest BCUT2D eigenvalue weighted by molar-refractivity contribution is -0.143. The Morgan fingerprint density at radius 1 is 1.14 bits per heavy atom. The van der Waals surface area contributed by atoms with Crippen LogP contribution in [-0.2, 0) is 22.7 Å². The number of hydrogen-bond donors (Lipinski definition) is 1. The molecule has 2 unspecified atom stereocenters. The molecule has 3 fully saturated rings. The van der Waals surface area contributed by atoms with Gasteiger partial charge in [0.05, 0.1) is 28.6 Å². The second-order valence-corrected chi connectivity index (χ2v) is 12.7. The van der Waals surface area contributed by atoms with Gasteiger partial charge in [-0.2, -0.15) is 0 Å². The van der Waals surface area contributed by atoms with Crippen molar-refractivity contribution in [3.05, 3.63) is 51.5 Å². The molecule has 0 spiro atoms. The smallest absolute Gasteiger partial charge is 0.234 e. The minimum atomic E-state index is -0.192. The van der Waals surface area contributed by atoms with Crippen LogP contribution < -0.4 is 5.32 Å². The van der Waals surface area contributed by atoms with Crippen LogP contribution in [-0.4, -0.2) is 52.3 Å². The Balaban J connectivity index is 1.36. The summed E-state index contributed by atoms with van der Waals surface area (Å²) in [6.07, 6.45) is 1.84. The van der Waals surface area contributed by atoms with E-state index in [1.165, 1.54) is 16.0 Å². The molecular weight excluding hydrogens is 492 g/mol. The van der Waals surface area contributed by atoms with Crippen LogP contribution in [0, 0.1) is 24.2 Å². The van der Waals surface area contributed by atoms with E-state index in [-0.39, 0.29) is 29.1 Å². The van der Waals surface area contributed by atoms with Crippen LogP contribution in [0.1, 0.15) is 36.8 Å². The molecule has 3 atom stereocenters. The number of rotatable bonds is 5. The number of likely N-dealkylation sites (tertiary alicyclic amines) is 1. The van der Waals surface area contributed by atoms with Gasteiger partial charge in [-0.1, -0.05) is 25.4 Å². The molecule has 1 aliphatic carbocycles. The molecule has 36 heavy (non-hydrogen) atoms. The number of carbonyl (C=O) groups is 2. The largest absolute Gasteiger partial charge is 0.314 e. The maximum absolute atomic E-state index is 12.9. The molecule has 188 valence electrons. The molecular formula is C28H31ClN4O2S. The van der Waals surface area contributed by atoms with Gasteiger partial charge < -0.3 is 5.32 Å². The molecule has 0 radical (unpaired) electrons. The highest BCUT2D eigenvalue weighted by molar-refractivity contribution is 7.19. The van der Waals surface area contributed by atoms with E-state index < -0.39 is 0 Å². The summed E-state index contributed by atoms with van der Waals surface area (Å²) in [5, 5.41) is 4.19. The second kappa shape index (κ2) is 8.62. The number of amides is 2. The van der Waals surface area contributed by atoms with Crippen LogP contribution in [0.4, 0.5) is 0 Å². The number of aromatic nitrogens is 1. The first-order valence-electron chi connectivity index (χ1n) is 12.6. The number of halogens is 1. The van der Waals surface area contributed by atoms with Crippen LogP contribution >= 0.6 is 22.9 Å². The standard InChI is InChI=1S/C28H31ClN4O2S/c1-15-9-17(29)10-20(21(15)14-32-8-7-30-12-16(32)2)19-5-6-31-22-11-18(36-25(19)22)13-33-26(34)23-24(27(33)35)28(23,3)4/h5-6,9-11,16,23-24,30H,7-8,12-14H2,1-4H3/t16-,23?,24?/m0/s1. The Morgan fingerprint density at radius 3 is 2.61 bits per heavy atom. The molecule has 3 aliphatic rings. The lowest BCUT2D eigenvalue weighted by atomic mass is 9.95. The Bertz CT molecular complexity index is 1380. The van der Waals surface area contributed by atoms with Gasteiger partial charge in [0.25, 0.3) is 0 Å². The number of nitrogens with zero attached hydrogens (tertiary/aromatic N) is 3. The van der Waals surface area contributed by atoms with E-state index in [1.54, 1.807) is 11.3 Å². The van der Waals surface area contributed by atoms with Crippen molar-refractivity contribution in [2.45, 2.75) is 46.8 Å². The lowest BCUT2D eigenvalue weighted by Gasteiger charge is -2.35. The normalized spacial score (nSPS) is 25.6. The van der Waals surface area contributed by atoms with E-state index in [0.717, 1.165) is 57.4 Å². The quantitative estimate of drug-likeness (QED) is 0.485. The average Bonchev–Trinajstić information content (AvgIpc) is 3.08. The third kappa shape index (κ3) is 3.79. The van der Waals surface area contributed by atoms with Crippen molar-refractivity contribution in [2.24, 2.45) is 17.3 Å². The number of benzene rings is 1. The predicted octanol–water partition coefficient (Wildman–Crippen LogP) is 4.86. The summed E-state index contributed by atoms with van der Waals surface area (Å²) in [5.41, 5.74) is 5.38. The Kier molecular flexibility index (Phi) is 5.76. The Morgan fingerprint density at radius 2 is 1.89 bits per heavy atom. The van der Waals surface area contributed by atoms with Gasteiger partial charge in [-0.3, -0.25) is 24.4 Å². The summed E-state index contributed by atoms with van der Waals surface area (Å²) in [5.74, 6) is -0.369. The summed E-state index contributed by atoms with van der Waals surface area (Å²) in [7, 11) is 0. The van der Waals surface area contributed by atoms with Gasteiger partial charge >= 0.3 is 0 Å². The van der Waals surface area contributed by atoms with Crippen molar-refractivity contribution in [1.29, 1.82) is 0 Å². The van der Waals surface area contributed by atoms with Crippen molar-refractivity contribution in [3.8, 4) is 11.1 Å². The van der Waals surface area contributed by atoms with Crippen LogP contribution in [0.5, 0.6) is 0 Å². The van der Waals surface area contributed by atoms with E-state index >= 15 is 0 Å². The molecule has 3 aromatic rings. The average molecular weight is 523 g/mol. The number of piperidine rings is 1. The highest BCUT2D eigenvalue weighted by Crippen LogP contribution is 2.63. The van der Waals surface area contributed by atoms with Gasteiger partial charge in [0, 0.05) is 53.9 Å². The van der Waals surface area contributed by atoms with E-state index in [4.69, 9.17) is 11.6 Å². The SMILES string of the molecule is Cc1cc(Cl)cc(-c2ccnc3cc(CN4C(=O)C5C(C4=O)C5(C)C)sc23)c1CN1CCNC[C@@H]1C. The number of hydrogen-bond acceptors (Lipinski definition) is 6. The first-order valence-corrected chi connectivity index (χ1v) is 13.8. The fourth-order valence-electron chi connectivity index (χ4n) is 6.14. The van der Waals surface area contributed by atoms with Crippen LogP contribution in [0.3, 0.4) is 0 Å². The van der Waals surface area contributed by atoms with E-state index in [1.807, 2.05) is 32.2 Å². The molecule has 4 heterocycles. The molecule has 1 N–H and O–H groups in total. The van der Waals surface area contributed by atoms with Gasteiger partial charge in [0.1, 0.15) is 0 Å². The first-order chi connectivity index (χ1) is 17.2. The zero-order valence-electron chi connectivity index (χ0n) is 21.1. The topological polar surface area (TPSA) is 65.5 Å². The van der Waals surface area contributed by atoms with Crippen molar-refractivity contribution < 1.29 is 9.59 Å². The van der Waals surface area contributed by atoms with Crippen LogP contribution in [0.2, 0.25) is 5.02 Å². The third-order valence-corrected chi connectivity index (χ3v) is 9.76. The number of pyridine rings is 1. The number of aryl methyl sites for hydroxylation is 1. The van der Waals surface area contributed by atoms with Gasteiger partial charge in [-0.15, -0.1) is 11.3 Å². The monoisotopic (exact) mass is 522 g/mol.